The van der Waals surface area contributed by atoms with Gasteiger partial charge in [-0.05, 0) is 55.8 Å². The first-order valence-corrected chi connectivity index (χ1v) is 12.5. The molecule has 0 unspecified atom stereocenters. The van der Waals surface area contributed by atoms with Crippen molar-refractivity contribution in [2.24, 2.45) is 0 Å². The Morgan fingerprint density at radius 3 is 2.50 bits per heavy atom. The van der Waals surface area contributed by atoms with E-state index in [0.717, 1.165) is 91.3 Å². The molecule has 9 nitrogen and oxygen atoms in total. The Labute approximate surface area is 211 Å². The van der Waals surface area contributed by atoms with Crippen LogP contribution >= 0.6 is 0 Å². The molecule has 0 atom stereocenters. The van der Waals surface area contributed by atoms with Crippen molar-refractivity contribution in [1.29, 1.82) is 0 Å². The van der Waals surface area contributed by atoms with Crippen LogP contribution in [0, 0.1) is 0 Å². The normalized spacial score (nSPS) is 16.7. The molecule has 188 valence electrons. The van der Waals surface area contributed by atoms with Gasteiger partial charge in [0.15, 0.2) is 0 Å². The zero-order valence-corrected chi connectivity index (χ0v) is 20.9. The van der Waals surface area contributed by atoms with E-state index in [-0.39, 0.29) is 11.9 Å². The Morgan fingerprint density at radius 2 is 1.75 bits per heavy atom. The summed E-state index contributed by atoms with van der Waals surface area (Å²) in [7, 11) is 2.07. The van der Waals surface area contributed by atoms with Crippen LogP contribution in [0.2, 0.25) is 0 Å². The lowest BCUT2D eigenvalue weighted by atomic mass is 10.1. The number of urea groups is 1. The Balaban J connectivity index is 1.34. The minimum absolute atomic E-state index is 0.0677. The first-order chi connectivity index (χ1) is 17.5. The summed E-state index contributed by atoms with van der Waals surface area (Å²) < 4.78 is 0. The number of benzene rings is 2. The minimum Gasteiger partial charge on any atom is -0.370 e. The number of anilines is 3. The van der Waals surface area contributed by atoms with Gasteiger partial charge in [0.05, 0.1) is 22.6 Å². The van der Waals surface area contributed by atoms with E-state index in [2.05, 4.69) is 43.7 Å². The summed E-state index contributed by atoms with van der Waals surface area (Å²) in [6.45, 7) is 6.74. The summed E-state index contributed by atoms with van der Waals surface area (Å²) in [5.41, 5.74) is 5.27. The van der Waals surface area contributed by atoms with Crippen LogP contribution in [-0.2, 0) is 4.79 Å². The summed E-state index contributed by atoms with van der Waals surface area (Å²) in [6.07, 6.45) is 6.24. The molecule has 2 aliphatic rings. The van der Waals surface area contributed by atoms with Gasteiger partial charge in [0.1, 0.15) is 0 Å². The van der Waals surface area contributed by atoms with Gasteiger partial charge in [-0.25, -0.2) is 4.79 Å². The highest BCUT2D eigenvalue weighted by atomic mass is 16.2. The molecular formula is C27H33N7O2. The SMILES string of the molecule is CC(=O)Nc1cc2c(/C=C/c3cccc(NC(=O)N4CCN(C)CC4)c3)n[nH]c2cc1N1CCCC1. The molecule has 3 amide bonds. The molecule has 3 N–H and O–H groups in total. The molecule has 36 heavy (non-hydrogen) atoms. The second-order valence-corrected chi connectivity index (χ2v) is 9.58. The number of piperazine rings is 1. The second-order valence-electron chi connectivity index (χ2n) is 9.58. The number of amides is 3. The predicted molar refractivity (Wildman–Crippen MR) is 145 cm³/mol. The minimum atomic E-state index is -0.0918. The molecule has 0 saturated carbocycles. The highest BCUT2D eigenvalue weighted by Crippen LogP contribution is 2.34. The molecule has 0 aliphatic carbocycles. The van der Waals surface area contributed by atoms with Crippen LogP contribution in [0.4, 0.5) is 21.9 Å². The van der Waals surface area contributed by atoms with Crippen molar-refractivity contribution in [3.63, 3.8) is 0 Å². The van der Waals surface area contributed by atoms with Gasteiger partial charge in [0.2, 0.25) is 5.91 Å². The van der Waals surface area contributed by atoms with E-state index in [4.69, 9.17) is 0 Å². The number of hydrogen-bond donors (Lipinski definition) is 3. The molecule has 9 heteroatoms. The van der Waals surface area contributed by atoms with Crippen LogP contribution in [0.25, 0.3) is 23.1 Å². The first kappa shape index (κ1) is 23.9. The zero-order valence-electron chi connectivity index (χ0n) is 20.9. The van der Waals surface area contributed by atoms with E-state index in [0.29, 0.717) is 0 Å². The monoisotopic (exact) mass is 487 g/mol. The van der Waals surface area contributed by atoms with Crippen molar-refractivity contribution in [3.8, 4) is 0 Å². The average molecular weight is 488 g/mol. The highest BCUT2D eigenvalue weighted by molar-refractivity contribution is 6.01. The predicted octanol–water partition coefficient (Wildman–Crippen LogP) is 4.07. The lowest BCUT2D eigenvalue weighted by Gasteiger charge is -2.32. The molecule has 0 radical (unpaired) electrons. The molecule has 2 fully saturated rings. The van der Waals surface area contributed by atoms with Gasteiger partial charge in [-0.1, -0.05) is 18.2 Å². The zero-order chi connectivity index (χ0) is 25.1. The Hall–Kier alpha value is -3.85. The van der Waals surface area contributed by atoms with E-state index in [1.54, 1.807) is 0 Å². The van der Waals surface area contributed by atoms with Crippen LogP contribution < -0.4 is 15.5 Å². The van der Waals surface area contributed by atoms with Gasteiger partial charge in [-0.15, -0.1) is 0 Å². The average Bonchev–Trinajstić information content (AvgIpc) is 3.53. The Morgan fingerprint density at radius 1 is 0.972 bits per heavy atom. The fourth-order valence-electron chi connectivity index (χ4n) is 4.82. The molecule has 0 spiro atoms. The van der Waals surface area contributed by atoms with E-state index < -0.39 is 0 Å². The van der Waals surface area contributed by atoms with E-state index >= 15 is 0 Å². The van der Waals surface area contributed by atoms with Gasteiger partial charge >= 0.3 is 6.03 Å². The summed E-state index contributed by atoms with van der Waals surface area (Å²) >= 11 is 0. The summed E-state index contributed by atoms with van der Waals surface area (Å²) in [6, 6.07) is 11.8. The fourth-order valence-corrected chi connectivity index (χ4v) is 4.82. The third-order valence-corrected chi connectivity index (χ3v) is 6.83. The Kier molecular flexibility index (Phi) is 6.90. The van der Waals surface area contributed by atoms with Crippen molar-refractivity contribution in [1.82, 2.24) is 20.0 Å². The van der Waals surface area contributed by atoms with Gasteiger partial charge in [0.25, 0.3) is 0 Å². The van der Waals surface area contributed by atoms with E-state index in [9.17, 15) is 9.59 Å². The van der Waals surface area contributed by atoms with Crippen molar-refractivity contribution >= 4 is 52.1 Å². The smallest absolute Gasteiger partial charge is 0.321 e. The van der Waals surface area contributed by atoms with Gasteiger partial charge in [-0.2, -0.15) is 5.10 Å². The number of H-pyrrole nitrogens is 1. The first-order valence-electron chi connectivity index (χ1n) is 12.5. The number of likely N-dealkylation sites (N-methyl/N-ethyl adjacent to an activating group) is 1. The van der Waals surface area contributed by atoms with Gasteiger partial charge in [0, 0.05) is 57.3 Å². The standard InChI is InChI=1S/C27H33N7O2/c1-19(35)28-25-17-22-23(30-31-24(22)18-26(25)33-10-3-4-11-33)9-8-20-6-5-7-21(16-20)29-27(36)34-14-12-32(2)13-15-34/h5-9,16-18H,3-4,10-15H2,1-2H3,(H,28,35)(H,29,36)(H,30,31)/b9-8+. The van der Waals surface area contributed by atoms with Gasteiger partial charge in [-0.3, -0.25) is 9.89 Å². The number of nitrogens with one attached hydrogen (secondary N) is 3. The van der Waals surface area contributed by atoms with Crippen molar-refractivity contribution < 1.29 is 9.59 Å². The molecule has 1 aromatic heterocycles. The molecule has 2 saturated heterocycles. The molecule has 2 aliphatic heterocycles. The number of carbonyl (C=O) groups is 2. The number of hydrogen-bond acceptors (Lipinski definition) is 5. The van der Waals surface area contributed by atoms with Crippen molar-refractivity contribution in [3.05, 3.63) is 47.7 Å². The molecule has 0 bridgehead atoms. The molecular weight excluding hydrogens is 454 g/mol. The van der Waals surface area contributed by atoms with E-state index in [1.807, 2.05) is 47.4 Å². The quantitative estimate of drug-likeness (QED) is 0.504. The van der Waals surface area contributed by atoms with Crippen LogP contribution in [0.5, 0.6) is 0 Å². The summed E-state index contributed by atoms with van der Waals surface area (Å²) in [5, 5.41) is 14.6. The van der Waals surface area contributed by atoms with Crippen LogP contribution in [-0.4, -0.2) is 78.3 Å². The molecule has 2 aromatic carbocycles. The topological polar surface area (TPSA) is 96.6 Å². The third kappa shape index (κ3) is 5.36. The van der Waals surface area contributed by atoms with Crippen LogP contribution in [0.1, 0.15) is 31.0 Å². The number of fused-ring (bicyclic) bond motifs is 1. The number of aromatic nitrogens is 2. The largest absolute Gasteiger partial charge is 0.370 e. The van der Waals surface area contributed by atoms with Gasteiger partial charge < -0.3 is 25.3 Å². The number of aromatic amines is 1. The van der Waals surface area contributed by atoms with Crippen LogP contribution in [0.15, 0.2) is 36.4 Å². The summed E-state index contributed by atoms with van der Waals surface area (Å²) in [5.74, 6) is -0.0918. The lowest BCUT2D eigenvalue weighted by Crippen LogP contribution is -2.48. The Bertz CT molecular complexity index is 1280. The second kappa shape index (κ2) is 10.4. The lowest BCUT2D eigenvalue weighted by molar-refractivity contribution is -0.114. The number of rotatable bonds is 5. The van der Waals surface area contributed by atoms with E-state index in [1.165, 1.54) is 6.92 Å². The highest BCUT2D eigenvalue weighted by Gasteiger charge is 2.20. The van der Waals surface area contributed by atoms with Crippen LogP contribution in [0.3, 0.4) is 0 Å². The third-order valence-electron chi connectivity index (χ3n) is 6.83. The summed E-state index contributed by atoms with van der Waals surface area (Å²) in [4.78, 5) is 30.9. The van der Waals surface area contributed by atoms with Crippen molar-refractivity contribution in [2.75, 3.05) is 61.8 Å². The fraction of sp³-hybridized carbons (Fsp3) is 0.370. The molecule has 5 rings (SSSR count). The number of nitrogens with zero attached hydrogens (tertiary/aromatic N) is 4. The van der Waals surface area contributed by atoms with Crippen molar-refractivity contribution in [2.45, 2.75) is 19.8 Å². The maximum Gasteiger partial charge on any atom is 0.321 e. The molecule has 3 aromatic rings. The maximum atomic E-state index is 12.6. The number of carbonyl (C=O) groups excluding carboxylic acids is 2. The maximum absolute atomic E-state index is 12.6. The molecule has 3 heterocycles.